The number of carbonyl (C=O) groups is 1. The topological polar surface area (TPSA) is 104 Å². The number of aromatic nitrogens is 2. The van der Waals surface area contributed by atoms with Crippen molar-refractivity contribution in [3.63, 3.8) is 0 Å². The summed E-state index contributed by atoms with van der Waals surface area (Å²) in [6.07, 6.45) is -3.80. The van der Waals surface area contributed by atoms with Crippen molar-refractivity contribution in [1.82, 2.24) is 15.3 Å². The van der Waals surface area contributed by atoms with Gasteiger partial charge in [-0.2, -0.15) is 13.2 Å². The van der Waals surface area contributed by atoms with Gasteiger partial charge in [0.1, 0.15) is 16.9 Å². The molecular weight excluding hydrogens is 422 g/mol. The number of benzene rings is 1. The van der Waals surface area contributed by atoms with Crippen LogP contribution in [0.3, 0.4) is 0 Å². The number of nitrogens with zero attached hydrogens (tertiary/aromatic N) is 1. The van der Waals surface area contributed by atoms with Crippen molar-refractivity contribution in [3.8, 4) is 5.75 Å². The van der Waals surface area contributed by atoms with Crippen LogP contribution in [-0.4, -0.2) is 41.2 Å². The van der Waals surface area contributed by atoms with Gasteiger partial charge in [-0.1, -0.05) is 6.07 Å². The van der Waals surface area contributed by atoms with Crippen LogP contribution >= 0.6 is 0 Å². The van der Waals surface area contributed by atoms with Crippen molar-refractivity contribution in [3.05, 3.63) is 68.9 Å². The maximum absolute atomic E-state index is 13.3. The lowest BCUT2D eigenvalue weighted by Gasteiger charge is -2.13. The molecule has 11 heteroatoms. The second kappa shape index (κ2) is 8.72. The number of aromatic amines is 1. The second-order valence-electron chi connectivity index (χ2n) is 6.64. The number of nitrogens with one attached hydrogen (secondary N) is 2. The molecule has 0 fully saturated rings. The van der Waals surface area contributed by atoms with Crippen molar-refractivity contribution in [1.29, 1.82) is 0 Å². The zero-order valence-corrected chi connectivity index (χ0v) is 16.1. The van der Waals surface area contributed by atoms with E-state index in [1.54, 1.807) is 0 Å². The molecule has 2 heterocycles. The largest absolute Gasteiger partial charge is 0.505 e. The Bertz CT molecular complexity index is 1190. The summed E-state index contributed by atoms with van der Waals surface area (Å²) in [5.74, 6) is -2.50. The Hall–Kier alpha value is -3.47. The molecule has 0 aliphatic heterocycles. The number of hydrogen-bond donors (Lipinski definition) is 3. The molecule has 164 valence electrons. The third-order valence-electron chi connectivity index (χ3n) is 4.47. The maximum Gasteiger partial charge on any atom is 0.416 e. The summed E-state index contributed by atoms with van der Waals surface area (Å²) >= 11 is 0. The van der Waals surface area contributed by atoms with Crippen LogP contribution in [0.15, 0.2) is 35.3 Å². The number of carbonyl (C=O) groups excluding carboxylic acids is 1. The van der Waals surface area contributed by atoms with Gasteiger partial charge in [-0.15, -0.1) is 0 Å². The summed E-state index contributed by atoms with van der Waals surface area (Å²) < 4.78 is 57.7. The van der Waals surface area contributed by atoms with E-state index in [4.69, 9.17) is 4.74 Å². The second-order valence-corrected chi connectivity index (χ2v) is 6.64. The van der Waals surface area contributed by atoms with Crippen molar-refractivity contribution < 1.29 is 32.2 Å². The third-order valence-corrected chi connectivity index (χ3v) is 4.47. The minimum atomic E-state index is -4.75. The molecule has 0 saturated carbocycles. The molecule has 0 aliphatic carbocycles. The maximum atomic E-state index is 13.3. The van der Waals surface area contributed by atoms with Crippen LogP contribution in [-0.2, 0) is 17.3 Å². The van der Waals surface area contributed by atoms with Gasteiger partial charge in [0.15, 0.2) is 5.75 Å². The Kier molecular flexibility index (Phi) is 6.25. The first-order chi connectivity index (χ1) is 14.6. The molecule has 7 nitrogen and oxygen atoms in total. The lowest BCUT2D eigenvalue weighted by molar-refractivity contribution is -0.138. The number of pyridine rings is 2. The van der Waals surface area contributed by atoms with Gasteiger partial charge >= 0.3 is 6.18 Å². The quantitative estimate of drug-likeness (QED) is 0.405. The zero-order valence-electron chi connectivity index (χ0n) is 16.1. The predicted molar refractivity (Wildman–Crippen MR) is 102 cm³/mol. The normalized spacial score (nSPS) is 11.6. The van der Waals surface area contributed by atoms with Gasteiger partial charge in [-0.05, 0) is 35.7 Å². The molecule has 1 aromatic carbocycles. The van der Waals surface area contributed by atoms with Crippen LogP contribution in [0.1, 0.15) is 27.0 Å². The minimum Gasteiger partial charge on any atom is -0.505 e. The molecule has 31 heavy (non-hydrogen) atoms. The molecule has 2 aromatic heterocycles. The van der Waals surface area contributed by atoms with Crippen LogP contribution in [0.4, 0.5) is 17.6 Å². The molecule has 0 saturated heterocycles. The summed E-state index contributed by atoms with van der Waals surface area (Å²) in [5.41, 5.74) is -2.53. The highest BCUT2D eigenvalue weighted by Gasteiger charge is 2.33. The molecule has 0 radical (unpaired) electrons. The average molecular weight is 439 g/mol. The molecule has 3 aromatic rings. The summed E-state index contributed by atoms with van der Waals surface area (Å²) in [4.78, 5) is 30.8. The standard InChI is InChI=1S/C20H17F4N3O4/c1-31-5-4-25-18(29)15-17(28)16-14(27-19(15)30)7-10(9-26-16)6-11-2-3-12(21)8-13(11)20(22,23)24/h2-3,7-9H,4-6H2,1H3,(H,25,29)(H2,27,28,30). The van der Waals surface area contributed by atoms with E-state index in [0.717, 1.165) is 12.1 Å². The highest BCUT2D eigenvalue weighted by Crippen LogP contribution is 2.34. The molecule has 3 N–H and O–H groups in total. The van der Waals surface area contributed by atoms with Crippen molar-refractivity contribution in [2.45, 2.75) is 12.6 Å². The highest BCUT2D eigenvalue weighted by atomic mass is 19.4. The predicted octanol–water partition coefficient (Wildman–Crippen LogP) is 2.75. The van der Waals surface area contributed by atoms with Crippen molar-refractivity contribution in [2.24, 2.45) is 0 Å². The number of ether oxygens (including phenoxy) is 1. The van der Waals surface area contributed by atoms with Crippen LogP contribution in [0, 0.1) is 5.82 Å². The van der Waals surface area contributed by atoms with Gasteiger partial charge in [-0.3, -0.25) is 14.6 Å². The minimum absolute atomic E-state index is 0.0316. The van der Waals surface area contributed by atoms with Crippen molar-refractivity contribution in [2.75, 3.05) is 20.3 Å². The van der Waals surface area contributed by atoms with Crippen LogP contribution in [0.2, 0.25) is 0 Å². The zero-order chi connectivity index (χ0) is 22.8. The van der Waals surface area contributed by atoms with Gasteiger partial charge in [0, 0.05) is 19.9 Å². The van der Waals surface area contributed by atoms with Gasteiger partial charge in [-0.25, -0.2) is 4.39 Å². The fourth-order valence-electron chi connectivity index (χ4n) is 3.05. The average Bonchev–Trinajstić information content (AvgIpc) is 2.68. The van der Waals surface area contributed by atoms with Gasteiger partial charge in [0.2, 0.25) is 0 Å². The van der Waals surface area contributed by atoms with Gasteiger partial charge in [0.25, 0.3) is 11.5 Å². The van der Waals surface area contributed by atoms with Crippen LogP contribution in [0.25, 0.3) is 11.0 Å². The SMILES string of the molecule is COCCNC(=O)c1c(O)c2ncc(Cc3ccc(F)cc3C(F)(F)F)cc2[nH]c1=O. The van der Waals surface area contributed by atoms with E-state index in [9.17, 15) is 32.3 Å². The number of fused-ring (bicyclic) bond motifs is 1. The molecule has 3 rings (SSSR count). The van der Waals surface area contributed by atoms with E-state index in [1.165, 1.54) is 19.4 Å². The van der Waals surface area contributed by atoms with Crippen LogP contribution < -0.4 is 10.9 Å². The Morgan fingerprint density at radius 3 is 2.71 bits per heavy atom. The Balaban J connectivity index is 1.97. The van der Waals surface area contributed by atoms with E-state index in [-0.39, 0.29) is 41.7 Å². The lowest BCUT2D eigenvalue weighted by atomic mass is 9.99. The molecule has 0 spiro atoms. The number of aromatic hydroxyl groups is 1. The molecule has 0 bridgehead atoms. The molecule has 0 atom stereocenters. The van der Waals surface area contributed by atoms with Gasteiger partial charge in [0.05, 0.1) is 17.7 Å². The third kappa shape index (κ3) is 4.82. The fourth-order valence-corrected chi connectivity index (χ4v) is 3.05. The number of methoxy groups -OCH3 is 1. The summed E-state index contributed by atoms with van der Waals surface area (Å²) in [7, 11) is 1.43. The molecule has 0 unspecified atom stereocenters. The Morgan fingerprint density at radius 1 is 1.29 bits per heavy atom. The van der Waals surface area contributed by atoms with E-state index < -0.39 is 40.3 Å². The summed E-state index contributed by atoms with van der Waals surface area (Å²) in [5, 5.41) is 12.8. The lowest BCUT2D eigenvalue weighted by Crippen LogP contribution is -2.32. The number of amides is 1. The van der Waals surface area contributed by atoms with E-state index >= 15 is 0 Å². The number of hydrogen-bond acceptors (Lipinski definition) is 5. The Morgan fingerprint density at radius 2 is 2.03 bits per heavy atom. The molecule has 0 aliphatic rings. The first-order valence-electron chi connectivity index (χ1n) is 8.98. The highest BCUT2D eigenvalue weighted by molar-refractivity contribution is 6.01. The number of alkyl halides is 3. The number of H-pyrrole nitrogens is 1. The van der Waals surface area contributed by atoms with E-state index in [1.807, 2.05) is 0 Å². The molecule has 1 amide bonds. The van der Waals surface area contributed by atoms with Crippen LogP contribution in [0.5, 0.6) is 5.75 Å². The molecular formula is C20H17F4N3O4. The number of halogens is 4. The first-order valence-corrected chi connectivity index (χ1v) is 8.98. The fraction of sp³-hybridized carbons (Fsp3) is 0.250. The van der Waals surface area contributed by atoms with Crippen molar-refractivity contribution >= 4 is 16.9 Å². The summed E-state index contributed by atoms with van der Waals surface area (Å²) in [6, 6.07) is 3.68. The smallest absolute Gasteiger partial charge is 0.416 e. The number of rotatable bonds is 6. The van der Waals surface area contributed by atoms with E-state index in [0.29, 0.717) is 6.07 Å². The summed E-state index contributed by atoms with van der Waals surface area (Å²) in [6.45, 7) is 0.306. The monoisotopic (exact) mass is 439 g/mol. The van der Waals surface area contributed by atoms with E-state index in [2.05, 4.69) is 15.3 Å². The first kappa shape index (κ1) is 22.2. The van der Waals surface area contributed by atoms with Gasteiger partial charge < -0.3 is 20.1 Å². The Labute approximate surface area is 172 Å².